The summed E-state index contributed by atoms with van der Waals surface area (Å²) in [4.78, 5) is 13.4. The van der Waals surface area contributed by atoms with Crippen LogP contribution in [0.15, 0.2) is 0 Å². The molecule has 0 aromatic rings. The van der Waals surface area contributed by atoms with Gasteiger partial charge in [0.25, 0.3) is 0 Å². The SMILES string of the molecule is C#CCNC(=O)CN1CCN(S(=O)(=O)CCC)CC1. The Kier molecular flexibility index (Phi) is 6.28. The Balaban J connectivity index is 2.37. The number of amides is 1. The average molecular weight is 287 g/mol. The molecule has 1 amide bonds. The number of hydrogen-bond donors (Lipinski definition) is 1. The van der Waals surface area contributed by atoms with Crippen LogP contribution in [0, 0.1) is 12.3 Å². The second-order valence-electron chi connectivity index (χ2n) is 4.47. The van der Waals surface area contributed by atoms with Crippen LogP contribution in [0.3, 0.4) is 0 Å². The lowest BCUT2D eigenvalue weighted by Gasteiger charge is -2.33. The van der Waals surface area contributed by atoms with Gasteiger partial charge in [-0.15, -0.1) is 6.42 Å². The molecule has 0 aromatic carbocycles. The van der Waals surface area contributed by atoms with Gasteiger partial charge in [-0.2, -0.15) is 4.31 Å². The minimum absolute atomic E-state index is 0.122. The maximum atomic E-state index is 11.9. The highest BCUT2D eigenvalue weighted by atomic mass is 32.2. The number of nitrogens with one attached hydrogen (secondary N) is 1. The molecule has 1 aliphatic heterocycles. The van der Waals surface area contributed by atoms with E-state index in [0.29, 0.717) is 32.6 Å². The van der Waals surface area contributed by atoms with Gasteiger partial charge in [-0.05, 0) is 6.42 Å². The molecule has 1 aliphatic rings. The summed E-state index contributed by atoms with van der Waals surface area (Å²) in [5.74, 6) is 2.41. The molecule has 1 heterocycles. The molecule has 6 nitrogen and oxygen atoms in total. The Bertz CT molecular complexity index is 434. The predicted molar refractivity (Wildman–Crippen MR) is 73.9 cm³/mol. The van der Waals surface area contributed by atoms with E-state index in [4.69, 9.17) is 6.42 Å². The molecule has 0 unspecified atom stereocenters. The number of hydrogen-bond acceptors (Lipinski definition) is 4. The standard InChI is InChI=1S/C12H21N3O3S/c1-3-5-13-12(16)11-14-6-8-15(9-7-14)19(17,18)10-4-2/h1H,4-11H2,2H3,(H,13,16). The molecule has 0 aliphatic carbocycles. The molecule has 19 heavy (non-hydrogen) atoms. The molecule has 0 bridgehead atoms. The van der Waals surface area contributed by atoms with Crippen molar-refractivity contribution >= 4 is 15.9 Å². The molecule has 1 saturated heterocycles. The zero-order valence-electron chi connectivity index (χ0n) is 11.3. The predicted octanol–water partition coefficient (Wildman–Crippen LogP) is -0.907. The van der Waals surface area contributed by atoms with Crippen molar-refractivity contribution in [2.45, 2.75) is 13.3 Å². The number of nitrogens with zero attached hydrogens (tertiary/aromatic N) is 2. The van der Waals surface area contributed by atoms with Crippen molar-refractivity contribution in [3.05, 3.63) is 0 Å². The molecule has 108 valence electrons. The Morgan fingerprint density at radius 1 is 1.32 bits per heavy atom. The van der Waals surface area contributed by atoms with E-state index >= 15 is 0 Å². The highest BCUT2D eigenvalue weighted by Crippen LogP contribution is 2.08. The third kappa shape index (κ3) is 5.19. The van der Waals surface area contributed by atoms with E-state index in [1.54, 1.807) is 0 Å². The number of terminal acetylenes is 1. The lowest BCUT2D eigenvalue weighted by atomic mass is 10.3. The fourth-order valence-electron chi connectivity index (χ4n) is 1.96. The third-order valence-electron chi connectivity index (χ3n) is 2.94. The lowest BCUT2D eigenvalue weighted by molar-refractivity contribution is -0.122. The van der Waals surface area contributed by atoms with Gasteiger partial charge in [0.15, 0.2) is 0 Å². The van der Waals surface area contributed by atoms with E-state index in [2.05, 4.69) is 11.2 Å². The van der Waals surface area contributed by atoms with Crippen LogP contribution in [0.2, 0.25) is 0 Å². The first-order valence-electron chi connectivity index (χ1n) is 6.40. The van der Waals surface area contributed by atoms with Gasteiger partial charge in [0.2, 0.25) is 15.9 Å². The van der Waals surface area contributed by atoms with Crippen LogP contribution in [0.1, 0.15) is 13.3 Å². The van der Waals surface area contributed by atoms with Crippen molar-refractivity contribution in [1.29, 1.82) is 0 Å². The van der Waals surface area contributed by atoms with Crippen LogP contribution in [0.4, 0.5) is 0 Å². The van der Waals surface area contributed by atoms with E-state index < -0.39 is 10.0 Å². The molecule has 1 rings (SSSR count). The van der Waals surface area contributed by atoms with Gasteiger partial charge >= 0.3 is 0 Å². The lowest BCUT2D eigenvalue weighted by Crippen LogP contribution is -2.51. The summed E-state index contributed by atoms with van der Waals surface area (Å²) in [5.41, 5.74) is 0. The summed E-state index contributed by atoms with van der Waals surface area (Å²) in [6.45, 7) is 4.39. The van der Waals surface area contributed by atoms with E-state index in [9.17, 15) is 13.2 Å². The normalized spacial score (nSPS) is 17.9. The molecule has 0 radical (unpaired) electrons. The summed E-state index contributed by atoms with van der Waals surface area (Å²) >= 11 is 0. The maximum absolute atomic E-state index is 11.9. The molecular weight excluding hydrogens is 266 g/mol. The first-order valence-corrected chi connectivity index (χ1v) is 8.01. The second-order valence-corrected chi connectivity index (χ2v) is 6.56. The van der Waals surface area contributed by atoms with Gasteiger partial charge in [-0.1, -0.05) is 12.8 Å². The molecule has 0 spiro atoms. The Morgan fingerprint density at radius 3 is 2.47 bits per heavy atom. The summed E-state index contributed by atoms with van der Waals surface area (Å²) in [6.07, 6.45) is 5.67. The molecule has 0 atom stereocenters. The summed E-state index contributed by atoms with van der Waals surface area (Å²) < 4.78 is 25.2. The average Bonchev–Trinajstić information content (AvgIpc) is 2.37. The van der Waals surface area contributed by atoms with Crippen molar-refractivity contribution in [3.8, 4) is 12.3 Å². The molecule has 1 N–H and O–H groups in total. The highest BCUT2D eigenvalue weighted by molar-refractivity contribution is 7.89. The molecule has 0 saturated carbocycles. The number of piperazine rings is 1. The minimum atomic E-state index is -3.12. The molecular formula is C12H21N3O3S. The van der Waals surface area contributed by atoms with Crippen LogP contribution in [0.25, 0.3) is 0 Å². The second kappa shape index (κ2) is 7.48. The maximum Gasteiger partial charge on any atom is 0.234 e. The van der Waals surface area contributed by atoms with Crippen molar-refractivity contribution in [3.63, 3.8) is 0 Å². The Labute approximate surface area is 115 Å². The highest BCUT2D eigenvalue weighted by Gasteiger charge is 2.26. The van der Waals surface area contributed by atoms with E-state index in [0.717, 1.165) is 0 Å². The van der Waals surface area contributed by atoms with Crippen molar-refractivity contribution < 1.29 is 13.2 Å². The monoisotopic (exact) mass is 287 g/mol. The Hall–Kier alpha value is -1.10. The zero-order chi connectivity index (χ0) is 14.3. The van der Waals surface area contributed by atoms with E-state index in [-0.39, 0.29) is 24.7 Å². The van der Waals surface area contributed by atoms with Gasteiger partial charge in [0.05, 0.1) is 18.8 Å². The first kappa shape index (κ1) is 16.0. The van der Waals surface area contributed by atoms with E-state index in [1.165, 1.54) is 4.31 Å². The van der Waals surface area contributed by atoms with Gasteiger partial charge in [-0.25, -0.2) is 8.42 Å². The zero-order valence-corrected chi connectivity index (χ0v) is 12.1. The van der Waals surface area contributed by atoms with Gasteiger partial charge in [-0.3, -0.25) is 9.69 Å². The number of carbonyl (C=O) groups is 1. The van der Waals surface area contributed by atoms with Crippen molar-refractivity contribution in [2.75, 3.05) is 45.0 Å². The first-order chi connectivity index (χ1) is 8.99. The van der Waals surface area contributed by atoms with Crippen LogP contribution in [-0.4, -0.2) is 68.6 Å². The fraction of sp³-hybridized carbons (Fsp3) is 0.750. The van der Waals surface area contributed by atoms with Gasteiger partial charge < -0.3 is 5.32 Å². The van der Waals surface area contributed by atoms with E-state index in [1.807, 2.05) is 11.8 Å². The fourth-order valence-corrected chi connectivity index (χ4v) is 3.46. The van der Waals surface area contributed by atoms with Crippen molar-refractivity contribution in [2.24, 2.45) is 0 Å². The number of rotatable bonds is 6. The topological polar surface area (TPSA) is 69.7 Å². The molecule has 1 fully saturated rings. The van der Waals surface area contributed by atoms with Crippen LogP contribution in [0.5, 0.6) is 0 Å². The quantitative estimate of drug-likeness (QED) is 0.642. The number of carbonyl (C=O) groups excluding carboxylic acids is 1. The number of sulfonamides is 1. The van der Waals surface area contributed by atoms with Crippen LogP contribution >= 0.6 is 0 Å². The summed E-state index contributed by atoms with van der Waals surface area (Å²) in [6, 6.07) is 0. The molecule has 7 heteroatoms. The smallest absolute Gasteiger partial charge is 0.234 e. The summed E-state index contributed by atoms with van der Waals surface area (Å²) in [5, 5.41) is 2.59. The molecule has 0 aromatic heterocycles. The third-order valence-corrected chi connectivity index (χ3v) is 5.02. The largest absolute Gasteiger partial charge is 0.344 e. The Morgan fingerprint density at radius 2 is 1.95 bits per heavy atom. The van der Waals surface area contributed by atoms with Crippen LogP contribution in [-0.2, 0) is 14.8 Å². The van der Waals surface area contributed by atoms with Crippen LogP contribution < -0.4 is 5.32 Å². The summed E-state index contributed by atoms with van der Waals surface area (Å²) in [7, 11) is -3.12. The van der Waals surface area contributed by atoms with Crippen molar-refractivity contribution in [1.82, 2.24) is 14.5 Å². The van der Waals surface area contributed by atoms with Gasteiger partial charge in [0, 0.05) is 26.2 Å². The van der Waals surface area contributed by atoms with Gasteiger partial charge in [0.1, 0.15) is 0 Å². The minimum Gasteiger partial charge on any atom is -0.344 e.